The van der Waals surface area contributed by atoms with E-state index in [0.29, 0.717) is 21.8 Å². The molecule has 0 radical (unpaired) electrons. The average molecular weight is 489 g/mol. The van der Waals surface area contributed by atoms with Crippen LogP contribution in [0.5, 0.6) is 0 Å². The molecular formula is C27H25ClN4O3. The van der Waals surface area contributed by atoms with Gasteiger partial charge in [0.25, 0.3) is 17.4 Å². The molecule has 8 heteroatoms. The van der Waals surface area contributed by atoms with Crippen LogP contribution in [0.15, 0.2) is 77.9 Å². The molecule has 1 aliphatic rings. The Hall–Kier alpha value is -3.84. The Morgan fingerprint density at radius 2 is 1.54 bits per heavy atom. The van der Waals surface area contributed by atoms with Gasteiger partial charge in [0.1, 0.15) is 0 Å². The van der Waals surface area contributed by atoms with Gasteiger partial charge in [-0.1, -0.05) is 36.6 Å². The first-order valence-corrected chi connectivity index (χ1v) is 12.0. The highest BCUT2D eigenvalue weighted by Crippen LogP contribution is 2.24. The van der Waals surface area contributed by atoms with Crippen LogP contribution in [0.2, 0.25) is 5.02 Å². The maximum atomic E-state index is 13.0. The largest absolute Gasteiger partial charge is 0.360 e. The van der Waals surface area contributed by atoms with Gasteiger partial charge in [0.15, 0.2) is 0 Å². The van der Waals surface area contributed by atoms with E-state index in [-0.39, 0.29) is 29.5 Å². The number of halogens is 1. The number of aromatic amines is 1. The van der Waals surface area contributed by atoms with Gasteiger partial charge < -0.3 is 15.6 Å². The third-order valence-corrected chi connectivity index (χ3v) is 6.84. The summed E-state index contributed by atoms with van der Waals surface area (Å²) in [5.74, 6) is -0.382. The van der Waals surface area contributed by atoms with Crippen LogP contribution in [-0.2, 0) is 0 Å². The van der Waals surface area contributed by atoms with E-state index >= 15 is 0 Å². The fourth-order valence-corrected chi connectivity index (χ4v) is 4.85. The Bertz CT molecular complexity index is 1440. The Labute approximate surface area is 207 Å². The van der Waals surface area contributed by atoms with Gasteiger partial charge in [-0.25, -0.2) is 0 Å². The molecule has 4 aromatic rings. The third-order valence-electron chi connectivity index (χ3n) is 6.52. The second-order valence-corrected chi connectivity index (χ2v) is 9.20. The Balaban J connectivity index is 1.27. The number of nitrogens with one attached hydrogen (secondary N) is 3. The standard InChI is InChI=1S/C27H25ClN4O3/c28-21-16-29-24-15-18(10-13-20(21)24)27(35)31-23-6-2-1-5-22(23)30-26(34)17-8-11-19(12-9-17)32-14-4-3-7-25(32)33/h3-4,7-16,22-23,29H,1-2,5-6H2,(H,30,34)(H,31,35)/t22?,23-/m1/s1. The lowest BCUT2D eigenvalue weighted by Crippen LogP contribution is -2.53. The second-order valence-electron chi connectivity index (χ2n) is 8.80. The van der Waals surface area contributed by atoms with Crippen LogP contribution in [0.4, 0.5) is 0 Å². The van der Waals surface area contributed by atoms with Crippen LogP contribution < -0.4 is 16.2 Å². The van der Waals surface area contributed by atoms with Gasteiger partial charge in [-0.3, -0.25) is 19.0 Å². The summed E-state index contributed by atoms with van der Waals surface area (Å²) in [7, 11) is 0. The summed E-state index contributed by atoms with van der Waals surface area (Å²) in [5.41, 5.74) is 2.40. The monoisotopic (exact) mass is 488 g/mol. The highest BCUT2D eigenvalue weighted by molar-refractivity contribution is 6.35. The second kappa shape index (κ2) is 9.80. The van der Waals surface area contributed by atoms with Crippen LogP contribution in [0.3, 0.4) is 0 Å². The lowest BCUT2D eigenvalue weighted by atomic mass is 9.89. The van der Waals surface area contributed by atoms with Crippen molar-refractivity contribution in [3.8, 4) is 5.69 Å². The van der Waals surface area contributed by atoms with Crippen molar-refractivity contribution < 1.29 is 9.59 Å². The minimum absolute atomic E-state index is 0.135. The molecule has 0 bridgehead atoms. The van der Waals surface area contributed by atoms with E-state index in [1.807, 2.05) is 6.07 Å². The topological polar surface area (TPSA) is 96.0 Å². The SMILES string of the molecule is O=C(NC1CCCC[C@H]1NC(=O)c1ccc2c(Cl)c[nH]c2c1)c1ccc(-n2ccccc2=O)cc1. The number of aromatic nitrogens is 2. The first-order chi connectivity index (χ1) is 17.0. The first kappa shape index (κ1) is 22.9. The van der Waals surface area contributed by atoms with E-state index in [0.717, 1.165) is 36.6 Å². The molecule has 5 rings (SSSR count). The summed E-state index contributed by atoms with van der Waals surface area (Å²) in [6.07, 6.45) is 6.95. The highest BCUT2D eigenvalue weighted by atomic mass is 35.5. The summed E-state index contributed by atoms with van der Waals surface area (Å²) in [4.78, 5) is 41.0. The van der Waals surface area contributed by atoms with Crippen LogP contribution in [0.25, 0.3) is 16.6 Å². The molecule has 0 spiro atoms. The van der Waals surface area contributed by atoms with Crippen molar-refractivity contribution in [2.75, 3.05) is 0 Å². The lowest BCUT2D eigenvalue weighted by molar-refractivity contribution is 0.0863. The van der Waals surface area contributed by atoms with Crippen molar-refractivity contribution in [2.45, 2.75) is 37.8 Å². The Kier molecular flexibility index (Phi) is 6.42. The summed E-state index contributed by atoms with van der Waals surface area (Å²) in [5, 5.41) is 7.70. The van der Waals surface area contributed by atoms with E-state index in [1.165, 1.54) is 10.6 Å². The fraction of sp³-hybridized carbons (Fsp3) is 0.222. The van der Waals surface area contributed by atoms with Crippen molar-refractivity contribution in [1.29, 1.82) is 0 Å². The van der Waals surface area contributed by atoms with Crippen LogP contribution in [0, 0.1) is 0 Å². The van der Waals surface area contributed by atoms with Gasteiger partial charge in [-0.15, -0.1) is 0 Å². The van der Waals surface area contributed by atoms with Gasteiger partial charge >= 0.3 is 0 Å². The number of amides is 2. The number of benzene rings is 2. The van der Waals surface area contributed by atoms with Gasteiger partial charge in [-0.05, 0) is 55.3 Å². The molecule has 1 unspecified atom stereocenters. The Morgan fingerprint density at radius 1 is 0.886 bits per heavy atom. The van der Waals surface area contributed by atoms with E-state index in [9.17, 15) is 14.4 Å². The summed E-state index contributed by atoms with van der Waals surface area (Å²) < 4.78 is 1.52. The van der Waals surface area contributed by atoms with E-state index in [4.69, 9.17) is 11.6 Å². The normalized spacial score (nSPS) is 17.7. The number of fused-ring (bicyclic) bond motifs is 1. The van der Waals surface area contributed by atoms with Gasteiger partial charge in [0.2, 0.25) is 0 Å². The van der Waals surface area contributed by atoms with Gasteiger partial charge in [0.05, 0.1) is 5.02 Å². The molecule has 2 aromatic carbocycles. The smallest absolute Gasteiger partial charge is 0.255 e. The minimum Gasteiger partial charge on any atom is -0.360 e. The van der Waals surface area contributed by atoms with E-state index in [2.05, 4.69) is 15.6 Å². The molecule has 0 saturated heterocycles. The zero-order chi connectivity index (χ0) is 24.4. The molecule has 0 aliphatic heterocycles. The van der Waals surface area contributed by atoms with Crippen molar-refractivity contribution in [1.82, 2.24) is 20.2 Å². The zero-order valence-electron chi connectivity index (χ0n) is 19.0. The molecule has 1 aliphatic carbocycles. The molecule has 3 N–H and O–H groups in total. The number of nitrogens with zero attached hydrogens (tertiary/aromatic N) is 1. The summed E-state index contributed by atoms with van der Waals surface area (Å²) in [6, 6.07) is 16.9. The quantitative estimate of drug-likeness (QED) is 0.387. The first-order valence-electron chi connectivity index (χ1n) is 11.7. The molecule has 1 saturated carbocycles. The lowest BCUT2D eigenvalue weighted by Gasteiger charge is -2.33. The van der Waals surface area contributed by atoms with Gasteiger partial charge in [0, 0.05) is 58.3 Å². The molecule has 2 heterocycles. The van der Waals surface area contributed by atoms with Crippen molar-refractivity contribution in [3.05, 3.63) is 99.6 Å². The van der Waals surface area contributed by atoms with E-state index < -0.39 is 0 Å². The molecule has 2 atom stereocenters. The molecule has 1 fully saturated rings. The molecule has 178 valence electrons. The fourth-order valence-electron chi connectivity index (χ4n) is 4.63. The molecule has 2 aromatic heterocycles. The van der Waals surface area contributed by atoms with Crippen LogP contribution >= 0.6 is 11.6 Å². The predicted octanol–water partition coefficient (Wildman–Crippen LogP) is 4.44. The molecule has 7 nitrogen and oxygen atoms in total. The average Bonchev–Trinajstić information content (AvgIpc) is 3.25. The minimum atomic E-state index is -0.203. The predicted molar refractivity (Wildman–Crippen MR) is 136 cm³/mol. The number of hydrogen-bond donors (Lipinski definition) is 3. The maximum Gasteiger partial charge on any atom is 0.255 e. The third kappa shape index (κ3) is 4.86. The number of carbonyl (C=O) groups excluding carboxylic acids is 2. The van der Waals surface area contributed by atoms with Crippen LogP contribution in [0.1, 0.15) is 46.4 Å². The molecular weight excluding hydrogens is 464 g/mol. The number of H-pyrrole nitrogens is 1. The number of pyridine rings is 1. The van der Waals surface area contributed by atoms with Crippen LogP contribution in [-0.4, -0.2) is 33.4 Å². The summed E-state index contributed by atoms with van der Waals surface area (Å²) >= 11 is 6.14. The molecule has 2 amide bonds. The number of hydrogen-bond acceptors (Lipinski definition) is 3. The highest BCUT2D eigenvalue weighted by Gasteiger charge is 2.28. The van der Waals surface area contributed by atoms with Crippen molar-refractivity contribution >= 4 is 34.3 Å². The number of rotatable bonds is 5. The van der Waals surface area contributed by atoms with Crippen molar-refractivity contribution in [3.63, 3.8) is 0 Å². The maximum absolute atomic E-state index is 13.0. The number of carbonyl (C=O) groups is 2. The molecule has 35 heavy (non-hydrogen) atoms. The van der Waals surface area contributed by atoms with Crippen molar-refractivity contribution in [2.24, 2.45) is 0 Å². The van der Waals surface area contributed by atoms with E-state index in [1.54, 1.807) is 60.9 Å². The summed E-state index contributed by atoms with van der Waals surface area (Å²) in [6.45, 7) is 0. The van der Waals surface area contributed by atoms with Gasteiger partial charge in [-0.2, -0.15) is 0 Å². The Morgan fingerprint density at radius 3 is 2.23 bits per heavy atom. The zero-order valence-corrected chi connectivity index (χ0v) is 19.7.